The van der Waals surface area contributed by atoms with Gasteiger partial charge in [-0.15, -0.1) is 0 Å². The van der Waals surface area contributed by atoms with E-state index < -0.39 is 28.5 Å². The molecule has 3 aromatic rings. The van der Waals surface area contributed by atoms with E-state index in [1.54, 1.807) is 49.4 Å². The molecule has 2 atom stereocenters. The van der Waals surface area contributed by atoms with Gasteiger partial charge in [-0.05, 0) is 68.7 Å². The summed E-state index contributed by atoms with van der Waals surface area (Å²) < 4.78 is 40.0. The first kappa shape index (κ1) is 35.0. The van der Waals surface area contributed by atoms with E-state index in [1.165, 1.54) is 37.3 Å². The summed E-state index contributed by atoms with van der Waals surface area (Å²) in [6, 6.07) is 15.0. The Kier molecular flexibility index (Phi) is 12.3. The second kappa shape index (κ2) is 15.5. The van der Waals surface area contributed by atoms with E-state index in [-0.39, 0.29) is 34.8 Å². The zero-order chi connectivity index (χ0) is 32.6. The van der Waals surface area contributed by atoms with Gasteiger partial charge in [-0.1, -0.05) is 60.8 Å². The summed E-state index contributed by atoms with van der Waals surface area (Å²) in [5.41, 5.74) is 1.83. The van der Waals surface area contributed by atoms with Crippen LogP contribution < -0.4 is 19.1 Å². The molecule has 0 heterocycles. The van der Waals surface area contributed by atoms with Crippen LogP contribution in [0, 0.1) is 6.92 Å². The number of nitrogens with one attached hydrogen (secondary N) is 1. The van der Waals surface area contributed by atoms with Crippen LogP contribution >= 0.6 is 23.2 Å². The first-order valence-electron chi connectivity index (χ1n) is 14.2. The van der Waals surface area contributed by atoms with Crippen molar-refractivity contribution in [3.8, 4) is 11.5 Å². The topological polar surface area (TPSA) is 105 Å². The number of benzene rings is 3. The average molecular weight is 665 g/mol. The lowest BCUT2D eigenvalue weighted by atomic mass is 10.1. The zero-order valence-electron chi connectivity index (χ0n) is 25.8. The molecule has 0 spiro atoms. The minimum atomic E-state index is -4.30. The largest absolute Gasteiger partial charge is 0.493 e. The molecule has 12 heteroatoms. The highest BCUT2D eigenvalue weighted by Crippen LogP contribution is 2.33. The fourth-order valence-corrected chi connectivity index (χ4v) is 6.29. The number of carbonyl (C=O) groups excluding carboxylic acids is 2. The Morgan fingerprint density at radius 1 is 0.886 bits per heavy atom. The standard InChI is InChI=1S/C32H39Cl2N3O6S/c1-7-22(4)35-32(39)28(8-2)36(19-23-11-15-26(33)27(34)17-23)31(38)20-37(24-12-9-21(3)10-13-24)44(40,41)25-14-16-29(42-5)30(18-25)43-6/h9-18,22,28H,7-8,19-20H2,1-6H3,(H,35,39)/t22-,28+/m1/s1. The van der Waals surface area contributed by atoms with Crippen molar-refractivity contribution in [3.05, 3.63) is 81.8 Å². The summed E-state index contributed by atoms with van der Waals surface area (Å²) in [5, 5.41) is 3.60. The average Bonchev–Trinajstić information content (AvgIpc) is 3.01. The fourth-order valence-electron chi connectivity index (χ4n) is 4.54. The minimum Gasteiger partial charge on any atom is -0.493 e. The Bertz CT molecular complexity index is 1570. The molecule has 44 heavy (non-hydrogen) atoms. The third-order valence-electron chi connectivity index (χ3n) is 7.27. The van der Waals surface area contributed by atoms with Crippen molar-refractivity contribution in [1.82, 2.24) is 10.2 Å². The number of anilines is 1. The van der Waals surface area contributed by atoms with Gasteiger partial charge < -0.3 is 19.7 Å². The molecule has 0 bridgehead atoms. The molecule has 0 aliphatic rings. The molecular weight excluding hydrogens is 625 g/mol. The third-order valence-corrected chi connectivity index (χ3v) is 9.78. The Balaban J connectivity index is 2.11. The normalized spacial score (nSPS) is 12.6. The van der Waals surface area contributed by atoms with Gasteiger partial charge in [0.25, 0.3) is 10.0 Å². The van der Waals surface area contributed by atoms with Crippen molar-refractivity contribution in [1.29, 1.82) is 0 Å². The lowest BCUT2D eigenvalue weighted by molar-refractivity contribution is -0.140. The zero-order valence-corrected chi connectivity index (χ0v) is 28.1. The molecule has 0 saturated heterocycles. The molecule has 0 aliphatic heterocycles. The monoisotopic (exact) mass is 663 g/mol. The smallest absolute Gasteiger partial charge is 0.264 e. The first-order chi connectivity index (χ1) is 20.9. The summed E-state index contributed by atoms with van der Waals surface area (Å²) in [5.74, 6) is -0.333. The van der Waals surface area contributed by atoms with Crippen LogP contribution in [0.3, 0.4) is 0 Å². The van der Waals surface area contributed by atoms with Crippen molar-refractivity contribution in [2.45, 2.75) is 64.1 Å². The lowest BCUT2D eigenvalue weighted by Crippen LogP contribution is -2.53. The molecule has 0 saturated carbocycles. The number of methoxy groups -OCH3 is 2. The molecule has 3 rings (SSSR count). The van der Waals surface area contributed by atoms with Gasteiger partial charge in [0, 0.05) is 18.7 Å². The highest BCUT2D eigenvalue weighted by molar-refractivity contribution is 7.92. The molecule has 0 unspecified atom stereocenters. The van der Waals surface area contributed by atoms with Crippen molar-refractivity contribution in [2.24, 2.45) is 0 Å². The summed E-state index contributed by atoms with van der Waals surface area (Å²) in [6.45, 7) is 6.93. The molecular formula is C32H39Cl2N3O6S. The molecule has 0 fully saturated rings. The summed E-state index contributed by atoms with van der Waals surface area (Å²) in [4.78, 5) is 29.0. The summed E-state index contributed by atoms with van der Waals surface area (Å²) in [7, 11) is -1.44. The van der Waals surface area contributed by atoms with Crippen LogP contribution in [0.1, 0.15) is 44.7 Å². The van der Waals surface area contributed by atoms with Crippen LogP contribution in [0.4, 0.5) is 5.69 Å². The molecule has 3 aromatic carbocycles. The molecule has 2 amide bonds. The van der Waals surface area contributed by atoms with Gasteiger partial charge in [-0.3, -0.25) is 13.9 Å². The maximum absolute atomic E-state index is 14.2. The molecule has 0 aliphatic carbocycles. The number of halogens is 2. The highest BCUT2D eigenvalue weighted by Gasteiger charge is 2.34. The number of aryl methyl sites for hydroxylation is 1. The van der Waals surface area contributed by atoms with Gasteiger partial charge in [0.05, 0.1) is 34.8 Å². The Labute approximate surface area is 270 Å². The van der Waals surface area contributed by atoms with Crippen LogP contribution in [-0.2, 0) is 26.2 Å². The number of nitrogens with zero attached hydrogens (tertiary/aromatic N) is 2. The number of carbonyl (C=O) groups is 2. The van der Waals surface area contributed by atoms with E-state index in [2.05, 4.69) is 5.32 Å². The van der Waals surface area contributed by atoms with Crippen LogP contribution in [-0.4, -0.2) is 58.0 Å². The van der Waals surface area contributed by atoms with Crippen molar-refractivity contribution in [2.75, 3.05) is 25.1 Å². The molecule has 9 nitrogen and oxygen atoms in total. The Hall–Kier alpha value is -3.47. The van der Waals surface area contributed by atoms with Crippen LogP contribution in [0.25, 0.3) is 0 Å². The Morgan fingerprint density at radius 2 is 1.55 bits per heavy atom. The van der Waals surface area contributed by atoms with Gasteiger partial charge in [0.1, 0.15) is 12.6 Å². The number of amides is 2. The number of ether oxygens (including phenoxy) is 2. The maximum Gasteiger partial charge on any atom is 0.264 e. The predicted octanol–water partition coefficient (Wildman–Crippen LogP) is 6.24. The highest BCUT2D eigenvalue weighted by atomic mass is 35.5. The SMILES string of the molecule is CC[C@@H](C)NC(=O)[C@H](CC)N(Cc1ccc(Cl)c(Cl)c1)C(=O)CN(c1ccc(C)cc1)S(=O)(=O)c1ccc(OC)c(OC)c1. The number of sulfonamides is 1. The second-order valence-electron chi connectivity index (χ2n) is 10.4. The van der Waals surface area contributed by atoms with Gasteiger partial charge in [-0.2, -0.15) is 0 Å². The van der Waals surface area contributed by atoms with Crippen LogP contribution in [0.15, 0.2) is 65.6 Å². The molecule has 238 valence electrons. The van der Waals surface area contributed by atoms with E-state index in [0.29, 0.717) is 34.2 Å². The van der Waals surface area contributed by atoms with E-state index >= 15 is 0 Å². The molecule has 0 aromatic heterocycles. The van der Waals surface area contributed by atoms with Crippen molar-refractivity contribution < 1.29 is 27.5 Å². The van der Waals surface area contributed by atoms with Gasteiger partial charge in [0.15, 0.2) is 11.5 Å². The fraction of sp³-hybridized carbons (Fsp3) is 0.375. The summed E-state index contributed by atoms with van der Waals surface area (Å²) in [6.07, 6.45) is 0.996. The summed E-state index contributed by atoms with van der Waals surface area (Å²) >= 11 is 12.4. The second-order valence-corrected chi connectivity index (χ2v) is 13.1. The quantitative estimate of drug-likeness (QED) is 0.219. The lowest BCUT2D eigenvalue weighted by Gasteiger charge is -2.34. The Morgan fingerprint density at radius 3 is 2.11 bits per heavy atom. The first-order valence-corrected chi connectivity index (χ1v) is 16.4. The van der Waals surface area contributed by atoms with Gasteiger partial charge >= 0.3 is 0 Å². The van der Waals surface area contributed by atoms with Gasteiger partial charge in [-0.25, -0.2) is 8.42 Å². The van der Waals surface area contributed by atoms with E-state index in [0.717, 1.165) is 9.87 Å². The van der Waals surface area contributed by atoms with Gasteiger partial charge in [0.2, 0.25) is 11.8 Å². The van der Waals surface area contributed by atoms with E-state index in [9.17, 15) is 18.0 Å². The van der Waals surface area contributed by atoms with Crippen LogP contribution in [0.2, 0.25) is 10.0 Å². The molecule has 1 N–H and O–H groups in total. The molecule has 0 radical (unpaired) electrons. The number of rotatable bonds is 14. The predicted molar refractivity (Wildman–Crippen MR) is 174 cm³/mol. The van der Waals surface area contributed by atoms with E-state index in [4.69, 9.17) is 32.7 Å². The minimum absolute atomic E-state index is 0.000297. The van der Waals surface area contributed by atoms with Crippen LogP contribution in [0.5, 0.6) is 11.5 Å². The van der Waals surface area contributed by atoms with Crippen molar-refractivity contribution in [3.63, 3.8) is 0 Å². The van der Waals surface area contributed by atoms with Crippen molar-refractivity contribution >= 4 is 50.7 Å². The third kappa shape index (κ3) is 8.37. The maximum atomic E-state index is 14.2. The van der Waals surface area contributed by atoms with E-state index in [1.807, 2.05) is 20.8 Å². The number of hydrogen-bond donors (Lipinski definition) is 1. The number of hydrogen-bond acceptors (Lipinski definition) is 6.